The zero-order valence-electron chi connectivity index (χ0n) is 7.92. The zero-order valence-corrected chi connectivity index (χ0v) is 8.74. The highest BCUT2D eigenvalue weighted by Crippen LogP contribution is 2.11. The molecule has 3 nitrogen and oxygen atoms in total. The second kappa shape index (κ2) is 6.29. The van der Waals surface area contributed by atoms with E-state index in [1.807, 2.05) is 0 Å². The molecule has 1 heterocycles. The topological polar surface area (TPSA) is 47.3 Å². The predicted octanol–water partition coefficient (Wildman–Crippen LogP) is 0.679. The lowest BCUT2D eigenvalue weighted by molar-refractivity contribution is 0.0931. The normalized spacial score (nSPS) is 18.8. The van der Waals surface area contributed by atoms with Crippen LogP contribution in [0.1, 0.15) is 19.3 Å². The number of rotatable bonds is 5. The quantitative estimate of drug-likeness (QED) is 0.508. The van der Waals surface area contributed by atoms with Gasteiger partial charge in [0.25, 0.3) is 0 Å². The summed E-state index contributed by atoms with van der Waals surface area (Å²) >= 11 is 4.75. The van der Waals surface area contributed by atoms with Crippen LogP contribution >= 0.6 is 12.2 Å². The largest absolute Gasteiger partial charge is 0.393 e. The van der Waals surface area contributed by atoms with E-state index < -0.39 is 0 Å². The molecule has 0 aromatic carbocycles. The van der Waals surface area contributed by atoms with Crippen LogP contribution in [0.5, 0.6) is 0 Å². The second-order valence-corrected chi connectivity index (χ2v) is 4.01. The Kier molecular flexibility index (Phi) is 5.27. The molecular weight excluding hydrogens is 184 g/mol. The molecule has 4 heteroatoms. The zero-order chi connectivity index (χ0) is 9.52. The van der Waals surface area contributed by atoms with Gasteiger partial charge in [-0.3, -0.25) is 0 Å². The maximum atomic E-state index is 5.49. The molecule has 0 spiro atoms. The summed E-state index contributed by atoms with van der Waals surface area (Å²) in [6.07, 6.45) is 3.17. The van der Waals surface area contributed by atoms with Crippen molar-refractivity contribution in [1.82, 2.24) is 5.32 Å². The summed E-state index contributed by atoms with van der Waals surface area (Å²) in [5.74, 6) is 0.729. The van der Waals surface area contributed by atoms with E-state index >= 15 is 0 Å². The van der Waals surface area contributed by atoms with E-state index in [-0.39, 0.29) is 0 Å². The van der Waals surface area contributed by atoms with Crippen molar-refractivity contribution in [2.24, 2.45) is 11.7 Å². The van der Waals surface area contributed by atoms with Gasteiger partial charge in [0, 0.05) is 13.0 Å². The Morgan fingerprint density at radius 2 is 2.15 bits per heavy atom. The van der Waals surface area contributed by atoms with E-state index in [1.165, 1.54) is 12.8 Å². The molecule has 0 amide bonds. The smallest absolute Gasteiger partial charge is 0.0750 e. The Labute approximate surface area is 85.0 Å². The number of hydrogen-bond acceptors (Lipinski definition) is 3. The predicted molar refractivity (Wildman–Crippen MR) is 57.8 cm³/mol. The minimum atomic E-state index is 0.547. The van der Waals surface area contributed by atoms with E-state index in [1.54, 1.807) is 0 Å². The maximum absolute atomic E-state index is 5.49. The molecule has 1 fully saturated rings. The number of ether oxygens (including phenoxy) is 1. The molecule has 13 heavy (non-hydrogen) atoms. The van der Waals surface area contributed by atoms with E-state index in [2.05, 4.69) is 5.32 Å². The molecule has 76 valence electrons. The first-order chi connectivity index (χ1) is 6.29. The van der Waals surface area contributed by atoms with Gasteiger partial charge < -0.3 is 15.8 Å². The fourth-order valence-corrected chi connectivity index (χ4v) is 1.55. The van der Waals surface area contributed by atoms with Gasteiger partial charge >= 0.3 is 0 Å². The van der Waals surface area contributed by atoms with Crippen LogP contribution in [0.25, 0.3) is 0 Å². The van der Waals surface area contributed by atoms with Gasteiger partial charge in [0.1, 0.15) is 0 Å². The monoisotopic (exact) mass is 202 g/mol. The SMILES string of the molecule is NC(=S)CCOCC1CCNCC1. The lowest BCUT2D eigenvalue weighted by Crippen LogP contribution is -2.30. The van der Waals surface area contributed by atoms with Gasteiger partial charge in [-0.2, -0.15) is 0 Å². The van der Waals surface area contributed by atoms with Gasteiger partial charge in [-0.1, -0.05) is 12.2 Å². The Bertz CT molecular complexity index is 158. The third-order valence-corrected chi connectivity index (χ3v) is 2.51. The molecule has 1 aliphatic rings. The summed E-state index contributed by atoms with van der Waals surface area (Å²) in [5, 5.41) is 3.33. The lowest BCUT2D eigenvalue weighted by atomic mass is 9.99. The minimum Gasteiger partial charge on any atom is -0.393 e. The van der Waals surface area contributed by atoms with Crippen LogP contribution in [0, 0.1) is 5.92 Å². The molecule has 0 atom stereocenters. The average molecular weight is 202 g/mol. The molecule has 0 bridgehead atoms. The fraction of sp³-hybridized carbons (Fsp3) is 0.889. The van der Waals surface area contributed by atoms with Crippen LogP contribution in [0.4, 0.5) is 0 Å². The van der Waals surface area contributed by atoms with Crippen LogP contribution in [-0.4, -0.2) is 31.3 Å². The van der Waals surface area contributed by atoms with Crippen LogP contribution in [0.3, 0.4) is 0 Å². The highest BCUT2D eigenvalue weighted by Gasteiger charge is 2.12. The molecular formula is C9H18N2OS. The van der Waals surface area contributed by atoms with Crippen molar-refractivity contribution in [3.05, 3.63) is 0 Å². The van der Waals surface area contributed by atoms with Crippen molar-refractivity contribution >= 4 is 17.2 Å². The average Bonchev–Trinajstić information content (AvgIpc) is 2.14. The Morgan fingerprint density at radius 1 is 1.46 bits per heavy atom. The molecule has 0 unspecified atom stereocenters. The van der Waals surface area contributed by atoms with E-state index in [9.17, 15) is 0 Å². The first kappa shape index (κ1) is 10.9. The fourth-order valence-electron chi connectivity index (χ4n) is 1.47. The molecule has 0 saturated carbocycles. The molecule has 0 radical (unpaired) electrons. The molecule has 0 aromatic rings. The van der Waals surface area contributed by atoms with Gasteiger partial charge in [0.2, 0.25) is 0 Å². The first-order valence-corrected chi connectivity index (χ1v) is 5.26. The van der Waals surface area contributed by atoms with Gasteiger partial charge in [-0.05, 0) is 31.8 Å². The second-order valence-electron chi connectivity index (χ2n) is 3.48. The van der Waals surface area contributed by atoms with Gasteiger partial charge in [0.05, 0.1) is 11.6 Å². The first-order valence-electron chi connectivity index (χ1n) is 4.86. The van der Waals surface area contributed by atoms with Crippen LogP contribution in [0.15, 0.2) is 0 Å². The maximum Gasteiger partial charge on any atom is 0.0750 e. The lowest BCUT2D eigenvalue weighted by Gasteiger charge is -2.22. The number of hydrogen-bond donors (Lipinski definition) is 2. The summed E-state index contributed by atoms with van der Waals surface area (Å²) in [5.41, 5.74) is 5.35. The number of nitrogens with two attached hydrogens (primary N) is 1. The van der Waals surface area contributed by atoms with E-state index in [0.29, 0.717) is 18.0 Å². The molecule has 0 aromatic heterocycles. The van der Waals surface area contributed by atoms with E-state index in [0.717, 1.165) is 25.6 Å². The van der Waals surface area contributed by atoms with E-state index in [4.69, 9.17) is 22.7 Å². The Morgan fingerprint density at radius 3 is 2.77 bits per heavy atom. The molecule has 1 rings (SSSR count). The highest BCUT2D eigenvalue weighted by atomic mass is 32.1. The number of piperidine rings is 1. The van der Waals surface area contributed by atoms with Crippen LogP contribution < -0.4 is 11.1 Å². The van der Waals surface area contributed by atoms with Crippen molar-refractivity contribution in [2.45, 2.75) is 19.3 Å². The van der Waals surface area contributed by atoms with Gasteiger partial charge in [-0.15, -0.1) is 0 Å². The van der Waals surface area contributed by atoms with Crippen molar-refractivity contribution < 1.29 is 4.74 Å². The molecule has 1 saturated heterocycles. The van der Waals surface area contributed by atoms with Crippen LogP contribution in [0.2, 0.25) is 0 Å². The molecule has 1 aliphatic heterocycles. The van der Waals surface area contributed by atoms with Crippen molar-refractivity contribution in [1.29, 1.82) is 0 Å². The van der Waals surface area contributed by atoms with Gasteiger partial charge in [0.15, 0.2) is 0 Å². The summed E-state index contributed by atoms with van der Waals surface area (Å²) in [6, 6.07) is 0. The Balaban J connectivity index is 1.95. The molecule has 0 aliphatic carbocycles. The minimum absolute atomic E-state index is 0.547. The van der Waals surface area contributed by atoms with Crippen molar-refractivity contribution in [3.8, 4) is 0 Å². The molecule has 3 N–H and O–H groups in total. The number of nitrogens with one attached hydrogen (secondary N) is 1. The van der Waals surface area contributed by atoms with Crippen molar-refractivity contribution in [2.75, 3.05) is 26.3 Å². The van der Waals surface area contributed by atoms with Crippen molar-refractivity contribution in [3.63, 3.8) is 0 Å². The summed E-state index contributed by atoms with van der Waals surface area (Å²) in [7, 11) is 0. The third kappa shape index (κ3) is 5.18. The highest BCUT2D eigenvalue weighted by molar-refractivity contribution is 7.80. The Hall–Kier alpha value is -0.190. The summed E-state index contributed by atoms with van der Waals surface area (Å²) in [6.45, 7) is 3.80. The summed E-state index contributed by atoms with van der Waals surface area (Å²) < 4.78 is 5.49. The number of thiocarbonyl (C=S) groups is 1. The standard InChI is InChI=1S/C9H18N2OS/c10-9(13)3-6-12-7-8-1-4-11-5-2-8/h8,11H,1-7H2,(H2,10,13). The third-order valence-electron chi connectivity index (χ3n) is 2.31. The summed E-state index contributed by atoms with van der Waals surface area (Å²) in [4.78, 5) is 0.547. The van der Waals surface area contributed by atoms with Gasteiger partial charge in [-0.25, -0.2) is 0 Å². The van der Waals surface area contributed by atoms with Crippen LogP contribution in [-0.2, 0) is 4.74 Å².